The van der Waals surface area contributed by atoms with Crippen molar-refractivity contribution in [2.75, 3.05) is 26.8 Å². The van der Waals surface area contributed by atoms with Gasteiger partial charge in [-0.05, 0) is 43.2 Å². The van der Waals surface area contributed by atoms with Crippen molar-refractivity contribution in [2.45, 2.75) is 25.3 Å². The van der Waals surface area contributed by atoms with Crippen molar-refractivity contribution in [3.63, 3.8) is 0 Å². The second-order valence-corrected chi connectivity index (χ2v) is 6.48. The fourth-order valence-corrected chi connectivity index (χ4v) is 3.81. The van der Waals surface area contributed by atoms with E-state index in [9.17, 15) is 9.59 Å². The molecule has 2 fully saturated rings. The Kier molecular flexibility index (Phi) is 4.96. The molecule has 5 heteroatoms. The summed E-state index contributed by atoms with van der Waals surface area (Å²) in [5, 5.41) is 2.63. The molecule has 1 saturated carbocycles. The largest absolute Gasteiger partial charge is 0.381 e. The van der Waals surface area contributed by atoms with Gasteiger partial charge in [0.2, 0.25) is 5.91 Å². The predicted octanol–water partition coefficient (Wildman–Crippen LogP) is 1.69. The highest BCUT2D eigenvalue weighted by Gasteiger charge is 2.40. The van der Waals surface area contributed by atoms with Crippen molar-refractivity contribution in [1.29, 1.82) is 0 Å². The summed E-state index contributed by atoms with van der Waals surface area (Å²) >= 11 is 0. The van der Waals surface area contributed by atoms with Crippen molar-refractivity contribution < 1.29 is 14.3 Å². The Hall–Kier alpha value is -1.88. The van der Waals surface area contributed by atoms with E-state index in [0.717, 1.165) is 32.5 Å². The Bertz CT molecular complexity index is 547. The summed E-state index contributed by atoms with van der Waals surface area (Å²) < 4.78 is 5.58. The number of hydrogen-bond acceptors (Lipinski definition) is 3. The average Bonchev–Trinajstić information content (AvgIpc) is 3.03. The summed E-state index contributed by atoms with van der Waals surface area (Å²) in [5.74, 6) is 0.952. The van der Waals surface area contributed by atoms with Crippen molar-refractivity contribution in [3.8, 4) is 0 Å². The van der Waals surface area contributed by atoms with Crippen LogP contribution in [0.3, 0.4) is 0 Å². The number of likely N-dealkylation sites (N-methyl/N-ethyl adjacent to an activating group) is 1. The highest BCUT2D eigenvalue weighted by Crippen LogP contribution is 2.39. The molecule has 23 heavy (non-hydrogen) atoms. The van der Waals surface area contributed by atoms with Crippen molar-refractivity contribution in [3.05, 3.63) is 35.9 Å². The molecule has 1 heterocycles. The fraction of sp³-hybridized carbons (Fsp3) is 0.556. The first-order chi connectivity index (χ1) is 11.2. The number of amides is 2. The number of ether oxygens (including phenoxy) is 1. The third kappa shape index (κ3) is 3.55. The maximum Gasteiger partial charge on any atom is 0.254 e. The molecule has 2 amide bonds. The van der Waals surface area contributed by atoms with Crippen LogP contribution in [0.4, 0.5) is 0 Å². The molecule has 1 aromatic carbocycles. The smallest absolute Gasteiger partial charge is 0.254 e. The van der Waals surface area contributed by atoms with Gasteiger partial charge >= 0.3 is 0 Å². The number of carbonyl (C=O) groups is 2. The molecule has 5 nitrogen and oxygen atoms in total. The minimum absolute atomic E-state index is 0.0567. The number of benzene rings is 1. The maximum absolute atomic E-state index is 12.9. The van der Waals surface area contributed by atoms with E-state index in [1.54, 1.807) is 11.9 Å². The zero-order valence-electron chi connectivity index (χ0n) is 13.5. The van der Waals surface area contributed by atoms with Crippen LogP contribution in [0.15, 0.2) is 30.3 Å². The molecule has 0 aromatic heterocycles. The second-order valence-electron chi connectivity index (χ2n) is 6.48. The van der Waals surface area contributed by atoms with Crippen LogP contribution < -0.4 is 5.32 Å². The topological polar surface area (TPSA) is 58.6 Å². The van der Waals surface area contributed by atoms with E-state index in [1.165, 1.54) is 0 Å². The molecule has 1 aliphatic carbocycles. The third-order valence-electron chi connectivity index (χ3n) is 5.10. The monoisotopic (exact) mass is 316 g/mol. The minimum Gasteiger partial charge on any atom is -0.381 e. The zero-order chi connectivity index (χ0) is 16.2. The molecule has 3 atom stereocenters. The molecule has 124 valence electrons. The lowest BCUT2D eigenvalue weighted by Crippen LogP contribution is -2.45. The second kappa shape index (κ2) is 7.13. The Balaban J connectivity index is 1.78. The van der Waals surface area contributed by atoms with Gasteiger partial charge in [0, 0.05) is 31.9 Å². The fourth-order valence-electron chi connectivity index (χ4n) is 3.81. The number of carbonyl (C=O) groups excluding carboxylic acids is 2. The molecule has 1 N–H and O–H groups in total. The van der Waals surface area contributed by atoms with Crippen molar-refractivity contribution >= 4 is 11.8 Å². The Labute approximate surface area is 137 Å². The zero-order valence-corrected chi connectivity index (χ0v) is 13.5. The third-order valence-corrected chi connectivity index (χ3v) is 5.10. The highest BCUT2D eigenvalue weighted by atomic mass is 16.5. The van der Waals surface area contributed by atoms with Gasteiger partial charge in [-0.3, -0.25) is 9.59 Å². The van der Waals surface area contributed by atoms with Crippen LogP contribution in [-0.4, -0.2) is 49.6 Å². The van der Waals surface area contributed by atoms with Gasteiger partial charge in [-0.15, -0.1) is 0 Å². The number of nitrogens with zero attached hydrogens (tertiary/aromatic N) is 1. The lowest BCUT2D eigenvalue weighted by molar-refractivity contribution is -0.121. The summed E-state index contributed by atoms with van der Waals surface area (Å²) in [6.07, 6.45) is 2.97. The van der Waals surface area contributed by atoms with Crippen LogP contribution in [0.5, 0.6) is 0 Å². The van der Waals surface area contributed by atoms with Gasteiger partial charge in [-0.2, -0.15) is 0 Å². The molecule has 0 unspecified atom stereocenters. The van der Waals surface area contributed by atoms with Gasteiger partial charge in [0.1, 0.15) is 6.54 Å². The molecule has 0 spiro atoms. The Morgan fingerprint density at radius 1 is 1.22 bits per heavy atom. The highest BCUT2D eigenvalue weighted by molar-refractivity contribution is 5.96. The first-order valence-electron chi connectivity index (χ1n) is 8.33. The summed E-state index contributed by atoms with van der Waals surface area (Å²) in [4.78, 5) is 26.6. The summed E-state index contributed by atoms with van der Waals surface area (Å²) in [5.41, 5.74) is 0.641. The normalized spacial score (nSPS) is 26.4. The quantitative estimate of drug-likeness (QED) is 0.919. The van der Waals surface area contributed by atoms with E-state index < -0.39 is 0 Å². The van der Waals surface area contributed by atoms with Gasteiger partial charge in [0.15, 0.2) is 0 Å². The van der Waals surface area contributed by atoms with E-state index in [1.807, 2.05) is 30.3 Å². The predicted molar refractivity (Wildman–Crippen MR) is 87.0 cm³/mol. The van der Waals surface area contributed by atoms with Crippen LogP contribution in [-0.2, 0) is 9.53 Å². The molecular formula is C18H24N2O3. The summed E-state index contributed by atoms with van der Waals surface area (Å²) in [6, 6.07) is 9.34. The Morgan fingerprint density at radius 3 is 2.65 bits per heavy atom. The first kappa shape index (κ1) is 16.0. The van der Waals surface area contributed by atoms with E-state index >= 15 is 0 Å². The lowest BCUT2D eigenvalue weighted by Gasteiger charge is -2.28. The van der Waals surface area contributed by atoms with E-state index in [-0.39, 0.29) is 24.4 Å². The summed E-state index contributed by atoms with van der Waals surface area (Å²) in [6.45, 7) is 1.72. The van der Waals surface area contributed by atoms with Gasteiger partial charge < -0.3 is 15.0 Å². The molecule has 3 rings (SSSR count). The summed E-state index contributed by atoms with van der Waals surface area (Å²) in [7, 11) is 1.61. The number of rotatable bonds is 4. The first-order valence-corrected chi connectivity index (χ1v) is 8.33. The molecule has 1 aliphatic heterocycles. The Morgan fingerprint density at radius 2 is 1.96 bits per heavy atom. The number of hydrogen-bond donors (Lipinski definition) is 1. The van der Waals surface area contributed by atoms with Crippen molar-refractivity contribution in [1.82, 2.24) is 10.2 Å². The molecule has 0 bridgehead atoms. The van der Waals surface area contributed by atoms with E-state index in [0.29, 0.717) is 17.4 Å². The van der Waals surface area contributed by atoms with Gasteiger partial charge in [0.25, 0.3) is 5.91 Å². The van der Waals surface area contributed by atoms with Gasteiger partial charge in [-0.1, -0.05) is 18.2 Å². The minimum atomic E-state index is -0.125. The van der Waals surface area contributed by atoms with Gasteiger partial charge in [0.05, 0.1) is 0 Å². The molecule has 0 radical (unpaired) electrons. The number of fused-ring (bicyclic) bond motifs is 1. The lowest BCUT2D eigenvalue weighted by atomic mass is 9.92. The van der Waals surface area contributed by atoms with Crippen molar-refractivity contribution in [2.24, 2.45) is 11.8 Å². The van der Waals surface area contributed by atoms with Crippen LogP contribution in [0.1, 0.15) is 29.6 Å². The SMILES string of the molecule is CNC(=O)CN(C(=O)c1ccccc1)[C@H]1C[C@H]2CCOC[C@H]2C1. The van der Waals surface area contributed by atoms with Crippen LogP contribution in [0.25, 0.3) is 0 Å². The maximum atomic E-state index is 12.9. The molecule has 2 aliphatic rings. The molecule has 1 aromatic rings. The van der Waals surface area contributed by atoms with E-state index in [4.69, 9.17) is 4.74 Å². The van der Waals surface area contributed by atoms with Crippen LogP contribution in [0, 0.1) is 11.8 Å². The standard InChI is InChI=1S/C18H24N2O3/c1-19-17(21)11-20(18(22)13-5-3-2-4-6-13)16-9-14-7-8-23-12-15(14)10-16/h2-6,14-16H,7-12H2,1H3,(H,19,21)/t14-,15-,16+/m1/s1. The van der Waals surface area contributed by atoms with Crippen LogP contribution in [0.2, 0.25) is 0 Å². The number of nitrogens with one attached hydrogen (secondary N) is 1. The van der Waals surface area contributed by atoms with E-state index in [2.05, 4.69) is 5.32 Å². The molecular weight excluding hydrogens is 292 g/mol. The molecule has 1 saturated heterocycles. The van der Waals surface area contributed by atoms with Gasteiger partial charge in [-0.25, -0.2) is 0 Å². The van der Waals surface area contributed by atoms with Crippen LogP contribution >= 0.6 is 0 Å². The average molecular weight is 316 g/mol.